The van der Waals surface area contributed by atoms with Crippen molar-refractivity contribution < 1.29 is 18.0 Å². The molecular weight excluding hydrogens is 506 g/mol. The Morgan fingerprint density at radius 2 is 1.85 bits per heavy atom. The zero-order chi connectivity index (χ0) is 23.8. The van der Waals surface area contributed by atoms with Crippen molar-refractivity contribution in [3.05, 3.63) is 52.0 Å². The Morgan fingerprint density at radius 3 is 2.52 bits per heavy atom. The van der Waals surface area contributed by atoms with Crippen LogP contribution in [-0.4, -0.2) is 44.2 Å². The summed E-state index contributed by atoms with van der Waals surface area (Å²) < 4.78 is 28.8. The summed E-state index contributed by atoms with van der Waals surface area (Å²) in [5, 5.41) is 2.97. The van der Waals surface area contributed by atoms with Crippen molar-refractivity contribution in [1.29, 1.82) is 0 Å². The van der Waals surface area contributed by atoms with Gasteiger partial charge in [-0.3, -0.25) is 9.59 Å². The monoisotopic (exact) mass is 533 g/mol. The van der Waals surface area contributed by atoms with Crippen LogP contribution >= 0.6 is 15.9 Å². The molecule has 1 N–H and O–H groups in total. The maximum atomic E-state index is 13.4. The lowest BCUT2D eigenvalue weighted by Crippen LogP contribution is -2.41. The first-order chi connectivity index (χ1) is 15.7. The fourth-order valence-electron chi connectivity index (χ4n) is 4.52. The van der Waals surface area contributed by atoms with Crippen molar-refractivity contribution in [3.8, 4) is 0 Å². The molecular formula is C24H28BrN3O4S. The van der Waals surface area contributed by atoms with Crippen LogP contribution in [0.1, 0.15) is 37.8 Å². The quantitative estimate of drug-likeness (QED) is 0.630. The van der Waals surface area contributed by atoms with Gasteiger partial charge >= 0.3 is 0 Å². The number of sulfonamides is 1. The third-order valence-electron chi connectivity index (χ3n) is 6.45. The number of amides is 2. The Balaban J connectivity index is 1.46. The maximum Gasteiger partial charge on any atom is 0.244 e. The maximum absolute atomic E-state index is 13.4. The van der Waals surface area contributed by atoms with Crippen LogP contribution in [0.4, 0.5) is 11.4 Å². The zero-order valence-electron chi connectivity index (χ0n) is 18.8. The first-order valence-electron chi connectivity index (χ1n) is 11.2. The van der Waals surface area contributed by atoms with E-state index in [0.717, 1.165) is 23.2 Å². The number of aryl methyl sites for hydroxylation is 1. The molecule has 9 heteroatoms. The average molecular weight is 534 g/mol. The lowest BCUT2D eigenvalue weighted by atomic mass is 9.97. The molecule has 0 radical (unpaired) electrons. The molecule has 0 saturated carbocycles. The number of nitrogens with zero attached hydrogens (tertiary/aromatic N) is 2. The van der Waals surface area contributed by atoms with E-state index in [0.29, 0.717) is 36.0 Å². The van der Waals surface area contributed by atoms with Gasteiger partial charge in [-0.2, -0.15) is 4.31 Å². The van der Waals surface area contributed by atoms with Gasteiger partial charge in [0.05, 0.1) is 4.90 Å². The van der Waals surface area contributed by atoms with Crippen molar-refractivity contribution in [2.75, 3.05) is 29.9 Å². The summed E-state index contributed by atoms with van der Waals surface area (Å²) in [6, 6.07) is 11.2. The summed E-state index contributed by atoms with van der Waals surface area (Å²) >= 11 is 3.42. The molecule has 1 fully saturated rings. The van der Waals surface area contributed by atoms with E-state index in [1.807, 2.05) is 24.3 Å². The Labute approximate surface area is 203 Å². The molecule has 2 amide bonds. The van der Waals surface area contributed by atoms with Crippen LogP contribution in [0, 0.1) is 5.92 Å². The number of rotatable bonds is 5. The second kappa shape index (κ2) is 9.56. The van der Waals surface area contributed by atoms with E-state index in [2.05, 4.69) is 28.2 Å². The molecule has 2 heterocycles. The van der Waals surface area contributed by atoms with Gasteiger partial charge in [0, 0.05) is 48.3 Å². The molecule has 0 aliphatic carbocycles. The molecule has 2 aromatic rings. The molecule has 0 aromatic heterocycles. The van der Waals surface area contributed by atoms with Gasteiger partial charge in [0.25, 0.3) is 0 Å². The van der Waals surface area contributed by atoms with Crippen LogP contribution in [0.2, 0.25) is 0 Å². The highest BCUT2D eigenvalue weighted by Crippen LogP contribution is 2.37. The number of hydrogen-bond acceptors (Lipinski definition) is 4. The van der Waals surface area contributed by atoms with Gasteiger partial charge in [0.1, 0.15) is 0 Å². The summed E-state index contributed by atoms with van der Waals surface area (Å²) in [6.45, 7) is 4.65. The first kappa shape index (κ1) is 23.9. The highest BCUT2D eigenvalue weighted by molar-refractivity contribution is 9.10. The highest BCUT2D eigenvalue weighted by atomic mass is 79.9. The fraction of sp³-hybridized carbons (Fsp3) is 0.417. The Bertz CT molecular complexity index is 1190. The van der Waals surface area contributed by atoms with Crippen LogP contribution in [-0.2, 0) is 32.5 Å². The number of halogens is 1. The summed E-state index contributed by atoms with van der Waals surface area (Å²) in [7, 11) is -3.76. The Kier molecular flexibility index (Phi) is 6.93. The number of carbonyl (C=O) groups is 2. The summed E-state index contributed by atoms with van der Waals surface area (Å²) in [4.78, 5) is 26.5. The fourth-order valence-corrected chi connectivity index (χ4v) is 7.06. The van der Waals surface area contributed by atoms with Gasteiger partial charge < -0.3 is 10.2 Å². The zero-order valence-corrected chi connectivity index (χ0v) is 21.2. The number of nitrogens with one attached hydrogen (secondary N) is 1. The van der Waals surface area contributed by atoms with Crippen molar-refractivity contribution in [2.45, 2.75) is 44.4 Å². The van der Waals surface area contributed by atoms with Crippen LogP contribution < -0.4 is 10.2 Å². The van der Waals surface area contributed by atoms with E-state index >= 15 is 0 Å². The molecule has 4 rings (SSSR count). The van der Waals surface area contributed by atoms with E-state index in [1.54, 1.807) is 17.0 Å². The average Bonchev–Trinajstić information content (AvgIpc) is 3.21. The van der Waals surface area contributed by atoms with E-state index < -0.39 is 10.0 Å². The third-order valence-corrected chi connectivity index (χ3v) is 9.31. The minimum absolute atomic E-state index is 0.0730. The number of piperidine rings is 1. The topological polar surface area (TPSA) is 86.8 Å². The van der Waals surface area contributed by atoms with Gasteiger partial charge in [-0.25, -0.2) is 8.42 Å². The van der Waals surface area contributed by atoms with Gasteiger partial charge in [-0.1, -0.05) is 19.1 Å². The molecule has 2 aromatic carbocycles. The molecule has 0 atom stereocenters. The Morgan fingerprint density at radius 1 is 1.12 bits per heavy atom. The molecule has 176 valence electrons. The first-order valence-corrected chi connectivity index (χ1v) is 13.4. The molecule has 0 spiro atoms. The van der Waals surface area contributed by atoms with Crippen LogP contribution in [0.3, 0.4) is 0 Å². The lowest BCUT2D eigenvalue weighted by molar-refractivity contribution is -0.121. The third kappa shape index (κ3) is 4.85. The second-order valence-corrected chi connectivity index (χ2v) is 11.3. The van der Waals surface area contributed by atoms with Gasteiger partial charge in [-0.05, 0) is 77.0 Å². The number of carbonyl (C=O) groups excluding carboxylic acids is 2. The van der Waals surface area contributed by atoms with E-state index in [4.69, 9.17) is 0 Å². The minimum atomic E-state index is -3.76. The molecule has 33 heavy (non-hydrogen) atoms. The standard InChI is InChI=1S/C24H28BrN3O4S/c1-3-17-5-4-6-20(13-17)26-24(30)18-7-10-27(11-8-18)33(31,32)23-15-22-19(14-21(23)25)9-12-28(22)16(2)29/h4-6,13-15,18H,3,7-12H2,1-2H3,(H,26,30). The van der Waals surface area contributed by atoms with Crippen LogP contribution in [0.5, 0.6) is 0 Å². The summed E-state index contributed by atoms with van der Waals surface area (Å²) in [6.07, 6.45) is 2.51. The molecule has 2 aliphatic rings. The summed E-state index contributed by atoms with van der Waals surface area (Å²) in [5.74, 6) is -0.412. The van der Waals surface area contributed by atoms with E-state index in [9.17, 15) is 18.0 Å². The van der Waals surface area contributed by atoms with Crippen molar-refractivity contribution >= 4 is 49.1 Å². The van der Waals surface area contributed by atoms with E-state index in [-0.39, 0.29) is 35.7 Å². The van der Waals surface area contributed by atoms with Gasteiger partial charge in [0.15, 0.2) is 0 Å². The van der Waals surface area contributed by atoms with Gasteiger partial charge in [-0.15, -0.1) is 0 Å². The van der Waals surface area contributed by atoms with Crippen molar-refractivity contribution in [2.24, 2.45) is 5.92 Å². The second-order valence-electron chi connectivity index (χ2n) is 8.55. The SMILES string of the molecule is CCc1cccc(NC(=O)C2CCN(S(=O)(=O)c3cc4c(cc3Br)CCN4C(C)=O)CC2)c1. The predicted octanol–water partition coefficient (Wildman–Crippen LogP) is 3.96. The van der Waals surface area contributed by atoms with Crippen LogP contribution in [0.15, 0.2) is 45.8 Å². The number of fused-ring (bicyclic) bond motifs is 1. The summed E-state index contributed by atoms with van der Waals surface area (Å²) in [5.41, 5.74) is 3.54. The lowest BCUT2D eigenvalue weighted by Gasteiger charge is -2.31. The van der Waals surface area contributed by atoms with Gasteiger partial charge in [0.2, 0.25) is 21.8 Å². The highest BCUT2D eigenvalue weighted by Gasteiger charge is 2.35. The molecule has 0 bridgehead atoms. The Hall–Kier alpha value is -2.23. The van der Waals surface area contributed by atoms with Crippen molar-refractivity contribution in [3.63, 3.8) is 0 Å². The normalized spacial score (nSPS) is 17.1. The smallest absolute Gasteiger partial charge is 0.244 e. The number of anilines is 2. The van der Waals surface area contributed by atoms with Crippen LogP contribution in [0.25, 0.3) is 0 Å². The van der Waals surface area contributed by atoms with E-state index in [1.165, 1.54) is 11.2 Å². The molecule has 0 unspecified atom stereocenters. The minimum Gasteiger partial charge on any atom is -0.326 e. The predicted molar refractivity (Wildman–Crippen MR) is 132 cm³/mol. The molecule has 7 nitrogen and oxygen atoms in total. The number of hydrogen-bond donors (Lipinski definition) is 1. The number of benzene rings is 2. The van der Waals surface area contributed by atoms with Crippen molar-refractivity contribution in [1.82, 2.24) is 4.31 Å². The molecule has 1 saturated heterocycles. The largest absolute Gasteiger partial charge is 0.326 e. The molecule has 2 aliphatic heterocycles.